The van der Waals surface area contributed by atoms with Crippen LogP contribution in [0.1, 0.15) is 50.5 Å². The number of rotatable bonds is 12. The van der Waals surface area contributed by atoms with Gasteiger partial charge in [0.15, 0.2) is 17.5 Å². The lowest BCUT2D eigenvalue weighted by Crippen LogP contribution is -2.08. The number of nitriles is 1. The highest BCUT2D eigenvalue weighted by Gasteiger charge is 2.15. The van der Waals surface area contributed by atoms with Crippen LogP contribution in [0.15, 0.2) is 78.9 Å². The van der Waals surface area contributed by atoms with Crippen molar-refractivity contribution in [2.24, 2.45) is 0 Å². The van der Waals surface area contributed by atoms with E-state index in [1.165, 1.54) is 12.1 Å². The minimum Gasteiger partial charge on any atom is -0.427 e. The lowest BCUT2D eigenvalue weighted by Gasteiger charge is -2.08. The van der Waals surface area contributed by atoms with E-state index in [4.69, 9.17) is 14.7 Å². The van der Waals surface area contributed by atoms with Gasteiger partial charge >= 0.3 is 11.9 Å². The molecule has 0 bridgehead atoms. The maximum Gasteiger partial charge on any atom is 0.311 e. The molecule has 0 aromatic heterocycles. The molecule has 0 radical (unpaired) electrons. The summed E-state index contributed by atoms with van der Waals surface area (Å²) in [5.74, 6) is -5.89. The van der Waals surface area contributed by atoms with E-state index in [0.29, 0.717) is 36.3 Å². The fraction of sp³-hybridized carbons (Fsp3) is 0.206. The fourth-order valence-corrected chi connectivity index (χ4v) is 4.39. The van der Waals surface area contributed by atoms with Crippen LogP contribution in [0.5, 0.6) is 11.5 Å². The van der Waals surface area contributed by atoms with Crippen molar-refractivity contribution in [1.29, 1.82) is 5.26 Å². The molecular weight excluding hydrogens is 562 g/mol. The SMILES string of the molecule is N#Cc1ccc(-c2ccc(OC(=O)CCCCCCCC(=O)Oc3ccc(-c4cc(F)c(F)c(F)c4)c(F)c3)cc2)cc1. The zero-order valence-corrected chi connectivity index (χ0v) is 23.0. The zero-order chi connectivity index (χ0) is 30.8. The average Bonchev–Trinajstić information content (AvgIpc) is 2.99. The number of benzene rings is 4. The van der Waals surface area contributed by atoms with Gasteiger partial charge < -0.3 is 9.47 Å². The second-order valence-electron chi connectivity index (χ2n) is 9.82. The second-order valence-corrected chi connectivity index (χ2v) is 9.82. The molecule has 0 atom stereocenters. The number of hydrogen-bond donors (Lipinski definition) is 0. The third-order valence-corrected chi connectivity index (χ3v) is 6.66. The summed E-state index contributed by atoms with van der Waals surface area (Å²) in [5, 5.41) is 8.91. The summed E-state index contributed by atoms with van der Waals surface area (Å²) in [5.41, 5.74) is 2.12. The van der Waals surface area contributed by atoms with Gasteiger partial charge in [-0.1, -0.05) is 43.5 Å². The van der Waals surface area contributed by atoms with Crippen molar-refractivity contribution in [2.75, 3.05) is 0 Å². The minimum atomic E-state index is -1.64. The molecule has 9 heteroatoms. The van der Waals surface area contributed by atoms with Crippen molar-refractivity contribution in [1.82, 2.24) is 0 Å². The highest BCUT2D eigenvalue weighted by atomic mass is 19.2. The monoisotopic (exact) mass is 589 g/mol. The highest BCUT2D eigenvalue weighted by Crippen LogP contribution is 2.29. The molecule has 4 rings (SSSR count). The largest absolute Gasteiger partial charge is 0.427 e. The van der Waals surface area contributed by atoms with Crippen LogP contribution in [-0.2, 0) is 9.59 Å². The van der Waals surface area contributed by atoms with Crippen LogP contribution in [0.4, 0.5) is 17.6 Å². The highest BCUT2D eigenvalue weighted by molar-refractivity contribution is 5.74. The second kappa shape index (κ2) is 14.8. The first-order chi connectivity index (χ1) is 20.7. The molecule has 0 aliphatic rings. The van der Waals surface area contributed by atoms with Gasteiger partial charge in [-0.3, -0.25) is 9.59 Å². The molecule has 43 heavy (non-hydrogen) atoms. The maximum absolute atomic E-state index is 14.5. The summed E-state index contributed by atoms with van der Waals surface area (Å²) in [6.07, 6.45) is 3.86. The normalized spacial score (nSPS) is 10.7. The Morgan fingerprint density at radius 3 is 1.60 bits per heavy atom. The molecule has 0 unspecified atom stereocenters. The lowest BCUT2D eigenvalue weighted by molar-refractivity contribution is -0.135. The minimum absolute atomic E-state index is 0.0586. The quantitative estimate of drug-likeness (QED) is 0.0543. The molecule has 0 spiro atoms. The van der Waals surface area contributed by atoms with Crippen LogP contribution < -0.4 is 9.47 Å². The first-order valence-corrected chi connectivity index (χ1v) is 13.7. The molecule has 0 heterocycles. The maximum atomic E-state index is 14.5. The Kier molecular flexibility index (Phi) is 10.6. The van der Waals surface area contributed by atoms with Crippen molar-refractivity contribution >= 4 is 11.9 Å². The third-order valence-electron chi connectivity index (χ3n) is 6.66. The third kappa shape index (κ3) is 8.76. The summed E-state index contributed by atoms with van der Waals surface area (Å²) < 4.78 is 65.2. The van der Waals surface area contributed by atoms with Crippen LogP contribution >= 0.6 is 0 Å². The molecule has 0 saturated carbocycles. The van der Waals surface area contributed by atoms with Crippen molar-refractivity contribution in [2.45, 2.75) is 44.9 Å². The molecule has 0 N–H and O–H groups in total. The topological polar surface area (TPSA) is 76.4 Å². The van der Waals surface area contributed by atoms with E-state index in [1.54, 1.807) is 24.3 Å². The Bertz CT molecular complexity index is 1610. The fourth-order valence-electron chi connectivity index (χ4n) is 4.39. The van der Waals surface area contributed by atoms with E-state index in [0.717, 1.165) is 36.5 Å². The molecule has 220 valence electrons. The van der Waals surface area contributed by atoms with Gasteiger partial charge in [0.25, 0.3) is 0 Å². The molecule has 4 aromatic carbocycles. The van der Waals surface area contributed by atoms with Gasteiger partial charge in [-0.05, 0) is 78.1 Å². The predicted octanol–water partition coefficient (Wildman–Crippen LogP) is 8.69. The van der Waals surface area contributed by atoms with Gasteiger partial charge in [0.05, 0.1) is 11.6 Å². The van der Waals surface area contributed by atoms with Crippen LogP contribution in [0.25, 0.3) is 22.3 Å². The van der Waals surface area contributed by atoms with Gasteiger partial charge in [-0.2, -0.15) is 5.26 Å². The summed E-state index contributed by atoms with van der Waals surface area (Å²) >= 11 is 0. The Labute approximate surface area is 246 Å². The van der Waals surface area contributed by atoms with E-state index in [-0.39, 0.29) is 35.7 Å². The van der Waals surface area contributed by atoms with E-state index < -0.39 is 29.2 Å². The van der Waals surface area contributed by atoms with Gasteiger partial charge in [0, 0.05) is 24.5 Å². The van der Waals surface area contributed by atoms with Crippen molar-refractivity contribution in [3.8, 4) is 39.8 Å². The Morgan fingerprint density at radius 1 is 0.581 bits per heavy atom. The van der Waals surface area contributed by atoms with E-state index >= 15 is 0 Å². The number of ether oxygens (including phenoxy) is 2. The Morgan fingerprint density at radius 2 is 1.07 bits per heavy atom. The Balaban J connectivity index is 1.11. The standard InChI is InChI=1S/C34H27F4NO4/c35-29-20-27(16-17-28(29)25-18-30(36)34(38)31(37)19-25)43-33(41)7-5-3-1-2-4-6-32(40)42-26-14-12-24(13-15-26)23-10-8-22(21-39)9-11-23/h8-20H,1-7H2. The van der Waals surface area contributed by atoms with Gasteiger partial charge in [0.2, 0.25) is 0 Å². The average molecular weight is 590 g/mol. The lowest BCUT2D eigenvalue weighted by atomic mass is 10.0. The van der Waals surface area contributed by atoms with E-state index in [9.17, 15) is 27.2 Å². The number of unbranched alkanes of at least 4 members (excludes halogenated alkanes) is 4. The molecule has 0 saturated heterocycles. The van der Waals surface area contributed by atoms with Crippen molar-refractivity contribution < 1.29 is 36.6 Å². The number of carbonyl (C=O) groups is 2. The summed E-state index contributed by atoms with van der Waals surface area (Å²) in [4.78, 5) is 24.3. The molecule has 4 aromatic rings. The van der Waals surface area contributed by atoms with Crippen LogP contribution in [-0.4, -0.2) is 11.9 Å². The number of esters is 2. The molecule has 0 aliphatic heterocycles. The van der Waals surface area contributed by atoms with Gasteiger partial charge in [-0.15, -0.1) is 0 Å². The summed E-state index contributed by atoms with van der Waals surface area (Å²) in [7, 11) is 0. The van der Waals surface area contributed by atoms with Crippen molar-refractivity contribution in [3.05, 3.63) is 108 Å². The smallest absolute Gasteiger partial charge is 0.311 e. The van der Waals surface area contributed by atoms with E-state index in [1.807, 2.05) is 24.3 Å². The number of carbonyl (C=O) groups excluding carboxylic acids is 2. The molecule has 0 aliphatic carbocycles. The number of hydrogen-bond acceptors (Lipinski definition) is 5. The van der Waals surface area contributed by atoms with Crippen molar-refractivity contribution in [3.63, 3.8) is 0 Å². The van der Waals surface area contributed by atoms with Gasteiger partial charge in [-0.25, -0.2) is 17.6 Å². The summed E-state index contributed by atoms with van der Waals surface area (Å²) in [6, 6.07) is 21.2. The van der Waals surface area contributed by atoms with Crippen LogP contribution in [0, 0.1) is 34.6 Å². The zero-order valence-electron chi connectivity index (χ0n) is 23.0. The first-order valence-electron chi connectivity index (χ1n) is 13.7. The van der Waals surface area contributed by atoms with Crippen LogP contribution in [0.2, 0.25) is 0 Å². The first kappa shape index (κ1) is 31.0. The summed E-state index contributed by atoms with van der Waals surface area (Å²) in [6.45, 7) is 0. The van der Waals surface area contributed by atoms with Crippen LogP contribution in [0.3, 0.4) is 0 Å². The van der Waals surface area contributed by atoms with Gasteiger partial charge in [0.1, 0.15) is 17.3 Å². The molecule has 0 fully saturated rings. The molecular formula is C34H27F4NO4. The number of nitrogens with zero attached hydrogens (tertiary/aromatic N) is 1. The molecule has 0 amide bonds. The number of halogens is 4. The molecule has 5 nitrogen and oxygen atoms in total. The Hall–Kier alpha value is -4.97. The van der Waals surface area contributed by atoms with E-state index in [2.05, 4.69) is 6.07 Å². The predicted molar refractivity (Wildman–Crippen MR) is 152 cm³/mol.